The van der Waals surface area contributed by atoms with Crippen LogP contribution in [0.15, 0.2) is 63.7 Å². The fraction of sp³-hybridized carbons (Fsp3) is 0.280. The Labute approximate surface area is 205 Å². The molecule has 4 aromatic rings. The summed E-state index contributed by atoms with van der Waals surface area (Å²) in [4.78, 5) is 34.6. The summed E-state index contributed by atoms with van der Waals surface area (Å²) in [6, 6.07) is 15.2. The van der Waals surface area contributed by atoms with Gasteiger partial charge in [0.05, 0.1) is 16.8 Å². The lowest BCUT2D eigenvalue weighted by atomic mass is 9.97. The number of hydrogen-bond donors (Lipinski definition) is 0. The van der Waals surface area contributed by atoms with Gasteiger partial charge in [-0.15, -0.1) is 5.10 Å². The molecule has 5 rings (SSSR count). The second-order valence-electron chi connectivity index (χ2n) is 9.02. The molecule has 34 heavy (non-hydrogen) atoms. The maximum Gasteiger partial charge on any atom is 0.294 e. The van der Waals surface area contributed by atoms with Crippen molar-refractivity contribution in [3.8, 4) is 5.69 Å². The number of hydrogen-bond acceptors (Lipinski definition) is 5. The van der Waals surface area contributed by atoms with Crippen molar-refractivity contribution in [1.82, 2.24) is 24.6 Å². The van der Waals surface area contributed by atoms with Gasteiger partial charge < -0.3 is 14.2 Å². The van der Waals surface area contributed by atoms with Crippen LogP contribution in [0, 0.1) is 6.92 Å². The Bertz CT molecular complexity index is 1390. The van der Waals surface area contributed by atoms with Gasteiger partial charge in [0, 0.05) is 29.5 Å². The number of halogens is 1. The number of para-hydroxylation sites is 1. The molecule has 0 saturated carbocycles. The molecule has 174 valence electrons. The van der Waals surface area contributed by atoms with E-state index in [2.05, 4.69) is 26.0 Å². The normalized spacial score (nSPS) is 15.6. The summed E-state index contributed by atoms with van der Waals surface area (Å²) in [7, 11) is 0. The number of benzene rings is 2. The molecule has 9 heteroatoms. The summed E-state index contributed by atoms with van der Waals surface area (Å²) >= 11 is 3.48. The van der Waals surface area contributed by atoms with E-state index >= 15 is 0 Å². The van der Waals surface area contributed by atoms with Gasteiger partial charge in [0.25, 0.3) is 11.8 Å². The molecule has 0 radical (unpaired) electrons. The number of piperazine rings is 1. The van der Waals surface area contributed by atoms with E-state index in [-0.39, 0.29) is 17.6 Å². The zero-order valence-corrected chi connectivity index (χ0v) is 20.7. The van der Waals surface area contributed by atoms with Crippen LogP contribution < -0.4 is 0 Å². The molecule has 3 heterocycles. The minimum Gasteiger partial charge on any atom is -0.461 e. The highest BCUT2D eigenvalue weighted by molar-refractivity contribution is 9.10. The van der Waals surface area contributed by atoms with E-state index < -0.39 is 5.54 Å². The van der Waals surface area contributed by atoms with Crippen LogP contribution in [-0.4, -0.2) is 61.6 Å². The zero-order chi connectivity index (χ0) is 24.0. The number of furan rings is 1. The third-order valence-electron chi connectivity index (χ3n) is 6.18. The molecule has 1 aliphatic rings. The van der Waals surface area contributed by atoms with Gasteiger partial charge in [-0.3, -0.25) is 9.59 Å². The number of carbonyl (C=O) groups is 2. The molecule has 0 N–H and O–H groups in total. The Balaban J connectivity index is 1.36. The van der Waals surface area contributed by atoms with Crippen LogP contribution in [-0.2, 0) is 0 Å². The lowest BCUT2D eigenvalue weighted by Gasteiger charge is -2.46. The second kappa shape index (κ2) is 8.39. The largest absolute Gasteiger partial charge is 0.461 e. The van der Waals surface area contributed by atoms with Crippen molar-refractivity contribution in [2.24, 2.45) is 0 Å². The molecule has 0 aliphatic carbocycles. The molecule has 0 atom stereocenters. The summed E-state index contributed by atoms with van der Waals surface area (Å²) < 4.78 is 8.29. The van der Waals surface area contributed by atoms with Crippen molar-refractivity contribution in [3.63, 3.8) is 0 Å². The van der Waals surface area contributed by atoms with E-state index in [1.165, 1.54) is 0 Å². The van der Waals surface area contributed by atoms with Crippen molar-refractivity contribution >= 4 is 38.7 Å². The van der Waals surface area contributed by atoms with Crippen LogP contribution >= 0.6 is 15.9 Å². The van der Waals surface area contributed by atoms with Gasteiger partial charge in [-0.2, -0.15) is 0 Å². The highest BCUT2D eigenvalue weighted by Gasteiger charge is 2.40. The molecule has 0 unspecified atom stereocenters. The van der Waals surface area contributed by atoms with Crippen LogP contribution in [0.2, 0.25) is 0 Å². The molecular weight excluding hydrogens is 498 g/mol. The fourth-order valence-corrected chi connectivity index (χ4v) is 4.87. The van der Waals surface area contributed by atoms with Gasteiger partial charge in [0.1, 0.15) is 17.7 Å². The first-order valence-corrected chi connectivity index (χ1v) is 11.8. The summed E-state index contributed by atoms with van der Waals surface area (Å²) in [5.74, 6) is 0.380. The lowest BCUT2D eigenvalue weighted by molar-refractivity contribution is 0.0160. The first-order chi connectivity index (χ1) is 16.2. The molecule has 2 amide bonds. The molecule has 2 aromatic carbocycles. The molecule has 8 nitrogen and oxygen atoms in total. The molecule has 0 bridgehead atoms. The van der Waals surface area contributed by atoms with E-state index in [4.69, 9.17) is 4.42 Å². The van der Waals surface area contributed by atoms with Crippen molar-refractivity contribution < 1.29 is 14.0 Å². The molecule has 1 saturated heterocycles. The predicted octanol–water partition coefficient (Wildman–Crippen LogP) is 4.46. The van der Waals surface area contributed by atoms with E-state index in [9.17, 15) is 9.59 Å². The smallest absolute Gasteiger partial charge is 0.294 e. The van der Waals surface area contributed by atoms with Crippen molar-refractivity contribution in [2.75, 3.05) is 19.6 Å². The number of aromatic nitrogens is 3. The van der Waals surface area contributed by atoms with E-state index in [1.807, 2.05) is 62.4 Å². The highest BCUT2D eigenvalue weighted by atomic mass is 79.9. The Morgan fingerprint density at radius 2 is 1.82 bits per heavy atom. The predicted molar refractivity (Wildman–Crippen MR) is 131 cm³/mol. The SMILES string of the molecule is Cc1oc2ccc(Br)cc2c1C(=O)N1CCN(C(=O)c2ncn(-c3ccccc3)n2)C(C)(C)C1. The van der Waals surface area contributed by atoms with Crippen LogP contribution in [0.3, 0.4) is 0 Å². The second-order valence-corrected chi connectivity index (χ2v) is 9.93. The number of amides is 2. The minimum absolute atomic E-state index is 0.0963. The summed E-state index contributed by atoms with van der Waals surface area (Å²) in [5, 5.41) is 5.17. The Hall–Kier alpha value is -3.46. The van der Waals surface area contributed by atoms with Gasteiger partial charge in [-0.05, 0) is 51.1 Å². The number of aryl methyl sites for hydroxylation is 1. The molecule has 0 spiro atoms. The van der Waals surface area contributed by atoms with Crippen molar-refractivity contribution in [2.45, 2.75) is 26.3 Å². The quantitative estimate of drug-likeness (QED) is 0.397. The average molecular weight is 522 g/mol. The first kappa shape index (κ1) is 22.3. The van der Waals surface area contributed by atoms with Gasteiger partial charge in [-0.1, -0.05) is 34.1 Å². The van der Waals surface area contributed by atoms with Crippen molar-refractivity contribution in [3.05, 3.63) is 76.5 Å². The van der Waals surface area contributed by atoms with E-state index in [0.29, 0.717) is 36.5 Å². The molecule has 2 aromatic heterocycles. The van der Waals surface area contributed by atoms with Crippen LogP contribution in [0.4, 0.5) is 0 Å². The van der Waals surface area contributed by atoms with E-state index in [1.54, 1.807) is 27.7 Å². The topological polar surface area (TPSA) is 84.5 Å². The lowest BCUT2D eigenvalue weighted by Crippen LogP contribution is -2.62. The maximum absolute atomic E-state index is 13.5. The van der Waals surface area contributed by atoms with Crippen molar-refractivity contribution in [1.29, 1.82) is 0 Å². The van der Waals surface area contributed by atoms with Crippen LogP contribution in [0.25, 0.3) is 16.7 Å². The number of rotatable bonds is 3. The number of nitrogens with zero attached hydrogens (tertiary/aromatic N) is 5. The summed E-state index contributed by atoms with van der Waals surface area (Å²) in [6.45, 7) is 6.90. The third kappa shape index (κ3) is 3.90. The zero-order valence-electron chi connectivity index (χ0n) is 19.2. The standard InChI is InChI=1S/C25H24BrN5O3/c1-16-21(19-13-17(26)9-10-20(19)34-16)23(32)29-11-12-30(25(2,3)14-29)24(33)22-27-15-31(28-22)18-7-5-4-6-8-18/h4-10,13,15H,11-12,14H2,1-3H3. The Morgan fingerprint density at radius 3 is 2.56 bits per heavy atom. The highest BCUT2D eigenvalue weighted by Crippen LogP contribution is 2.31. The van der Waals surface area contributed by atoms with Gasteiger partial charge >= 0.3 is 0 Å². The fourth-order valence-electron chi connectivity index (χ4n) is 4.51. The van der Waals surface area contributed by atoms with Gasteiger partial charge in [-0.25, -0.2) is 9.67 Å². The monoisotopic (exact) mass is 521 g/mol. The van der Waals surface area contributed by atoms with E-state index in [0.717, 1.165) is 15.5 Å². The Morgan fingerprint density at radius 1 is 1.06 bits per heavy atom. The number of fused-ring (bicyclic) bond motifs is 1. The minimum atomic E-state index is -0.600. The Kier molecular flexibility index (Phi) is 5.51. The summed E-state index contributed by atoms with van der Waals surface area (Å²) in [6.07, 6.45) is 1.54. The van der Waals surface area contributed by atoms with Crippen LogP contribution in [0.1, 0.15) is 40.6 Å². The maximum atomic E-state index is 13.5. The average Bonchev–Trinajstić information content (AvgIpc) is 3.42. The van der Waals surface area contributed by atoms with Gasteiger partial charge in [0.15, 0.2) is 0 Å². The third-order valence-corrected chi connectivity index (χ3v) is 6.67. The summed E-state index contributed by atoms with van der Waals surface area (Å²) in [5.41, 5.74) is 1.47. The molecule has 1 fully saturated rings. The van der Waals surface area contributed by atoms with Crippen LogP contribution in [0.5, 0.6) is 0 Å². The molecular formula is C25H24BrN5O3. The van der Waals surface area contributed by atoms with Gasteiger partial charge in [0.2, 0.25) is 5.82 Å². The first-order valence-electron chi connectivity index (χ1n) is 11.0. The number of carbonyl (C=O) groups excluding carboxylic acids is 2. The molecule has 1 aliphatic heterocycles.